The summed E-state index contributed by atoms with van der Waals surface area (Å²) >= 11 is 0. The SMILES string of the molecule is Nc1ccc2c(c1)CC[C@@H](N1C[C@H]3C[C@@H]1CO3)CC2. The highest BCUT2D eigenvalue weighted by molar-refractivity contribution is 5.45. The molecule has 0 amide bonds. The molecule has 2 saturated heterocycles. The van der Waals surface area contributed by atoms with Crippen molar-refractivity contribution >= 4 is 5.69 Å². The molecular weight excluding hydrogens is 236 g/mol. The smallest absolute Gasteiger partial charge is 0.0718 e. The summed E-state index contributed by atoms with van der Waals surface area (Å²) in [6.07, 6.45) is 6.73. The molecule has 3 nitrogen and oxygen atoms in total. The minimum Gasteiger partial charge on any atom is -0.399 e. The van der Waals surface area contributed by atoms with E-state index in [9.17, 15) is 0 Å². The van der Waals surface area contributed by atoms with Crippen molar-refractivity contribution in [2.75, 3.05) is 18.9 Å². The number of hydrogen-bond acceptors (Lipinski definition) is 3. The molecule has 2 bridgehead atoms. The summed E-state index contributed by atoms with van der Waals surface area (Å²) in [5, 5.41) is 0. The fraction of sp³-hybridized carbons (Fsp3) is 0.625. The lowest BCUT2D eigenvalue weighted by Crippen LogP contribution is -2.44. The number of morpholine rings is 1. The molecule has 0 aromatic heterocycles. The third kappa shape index (κ3) is 2.05. The molecule has 1 aromatic carbocycles. The van der Waals surface area contributed by atoms with Crippen LogP contribution in [0.25, 0.3) is 0 Å². The van der Waals surface area contributed by atoms with E-state index in [0.29, 0.717) is 12.1 Å². The minimum atomic E-state index is 0.520. The molecule has 0 saturated carbocycles. The zero-order valence-corrected chi connectivity index (χ0v) is 11.3. The maximum Gasteiger partial charge on any atom is 0.0718 e. The van der Waals surface area contributed by atoms with Gasteiger partial charge in [-0.3, -0.25) is 4.90 Å². The molecule has 3 heteroatoms. The molecule has 1 aliphatic carbocycles. The summed E-state index contributed by atoms with van der Waals surface area (Å²) in [4.78, 5) is 2.73. The Morgan fingerprint density at radius 3 is 2.68 bits per heavy atom. The molecular formula is C16H22N2O. The summed E-state index contributed by atoms with van der Waals surface area (Å²) in [6, 6.07) is 7.89. The normalized spacial score (nSPS) is 34.2. The van der Waals surface area contributed by atoms with E-state index in [0.717, 1.165) is 24.9 Å². The lowest BCUT2D eigenvalue weighted by atomic mass is 10.0. The van der Waals surface area contributed by atoms with Crippen LogP contribution in [0.5, 0.6) is 0 Å². The van der Waals surface area contributed by atoms with Gasteiger partial charge in [0.15, 0.2) is 0 Å². The predicted octanol–water partition coefficient (Wildman–Crippen LogP) is 1.99. The number of ether oxygens (including phenoxy) is 1. The van der Waals surface area contributed by atoms with E-state index in [1.165, 1.54) is 43.2 Å². The molecule has 0 unspecified atom stereocenters. The Bertz CT molecular complexity index is 488. The molecule has 1 aromatic rings. The number of nitrogens with zero attached hydrogens (tertiary/aromatic N) is 1. The highest BCUT2D eigenvalue weighted by atomic mass is 16.5. The summed E-state index contributed by atoms with van der Waals surface area (Å²) in [5.41, 5.74) is 9.81. The van der Waals surface area contributed by atoms with Gasteiger partial charge < -0.3 is 10.5 Å². The van der Waals surface area contributed by atoms with Crippen molar-refractivity contribution in [3.8, 4) is 0 Å². The van der Waals surface area contributed by atoms with Crippen molar-refractivity contribution in [2.24, 2.45) is 0 Å². The van der Waals surface area contributed by atoms with Gasteiger partial charge in [0, 0.05) is 24.3 Å². The van der Waals surface area contributed by atoms with E-state index in [1.807, 2.05) is 6.07 Å². The average molecular weight is 258 g/mol. The zero-order valence-electron chi connectivity index (χ0n) is 11.3. The molecule has 3 aliphatic rings. The lowest BCUT2D eigenvalue weighted by molar-refractivity contribution is 0.00854. The quantitative estimate of drug-likeness (QED) is 0.618. The van der Waals surface area contributed by atoms with Crippen LogP contribution < -0.4 is 5.73 Å². The van der Waals surface area contributed by atoms with Gasteiger partial charge >= 0.3 is 0 Å². The fourth-order valence-electron chi connectivity index (χ4n) is 4.12. The second kappa shape index (κ2) is 4.50. The van der Waals surface area contributed by atoms with E-state index in [4.69, 9.17) is 10.5 Å². The number of nitrogens with two attached hydrogens (primary N) is 1. The van der Waals surface area contributed by atoms with E-state index in [1.54, 1.807) is 0 Å². The van der Waals surface area contributed by atoms with Gasteiger partial charge in [-0.25, -0.2) is 0 Å². The number of likely N-dealkylation sites (tertiary alicyclic amines) is 1. The van der Waals surface area contributed by atoms with Crippen LogP contribution >= 0.6 is 0 Å². The monoisotopic (exact) mass is 258 g/mol. The number of fused-ring (bicyclic) bond motifs is 3. The van der Waals surface area contributed by atoms with Gasteiger partial charge in [-0.1, -0.05) is 6.07 Å². The van der Waals surface area contributed by atoms with Gasteiger partial charge in [0.1, 0.15) is 0 Å². The fourth-order valence-corrected chi connectivity index (χ4v) is 4.12. The highest BCUT2D eigenvalue weighted by Gasteiger charge is 2.42. The Labute approximate surface area is 114 Å². The highest BCUT2D eigenvalue weighted by Crippen LogP contribution is 2.34. The van der Waals surface area contributed by atoms with Crippen LogP contribution in [0.4, 0.5) is 5.69 Å². The van der Waals surface area contributed by atoms with E-state index in [-0.39, 0.29) is 0 Å². The van der Waals surface area contributed by atoms with E-state index in [2.05, 4.69) is 17.0 Å². The average Bonchev–Trinajstić information content (AvgIpc) is 2.97. The first-order valence-corrected chi connectivity index (χ1v) is 7.54. The molecule has 3 atom stereocenters. The first kappa shape index (κ1) is 11.7. The molecule has 0 radical (unpaired) electrons. The van der Waals surface area contributed by atoms with Crippen LogP contribution in [0.2, 0.25) is 0 Å². The molecule has 2 aliphatic heterocycles. The maximum absolute atomic E-state index is 5.91. The Kier molecular flexibility index (Phi) is 2.78. The van der Waals surface area contributed by atoms with Gasteiger partial charge in [-0.2, -0.15) is 0 Å². The second-order valence-electron chi connectivity index (χ2n) is 6.30. The zero-order chi connectivity index (χ0) is 12.8. The van der Waals surface area contributed by atoms with Gasteiger partial charge in [0.05, 0.1) is 12.7 Å². The molecule has 2 fully saturated rings. The second-order valence-corrected chi connectivity index (χ2v) is 6.30. The van der Waals surface area contributed by atoms with Crippen LogP contribution in [0.15, 0.2) is 18.2 Å². The van der Waals surface area contributed by atoms with Crippen molar-refractivity contribution in [3.05, 3.63) is 29.3 Å². The number of hydrogen-bond donors (Lipinski definition) is 1. The van der Waals surface area contributed by atoms with Crippen LogP contribution in [0, 0.1) is 0 Å². The molecule has 2 N–H and O–H groups in total. The minimum absolute atomic E-state index is 0.520. The van der Waals surface area contributed by atoms with E-state index >= 15 is 0 Å². The number of aryl methyl sites for hydroxylation is 2. The Balaban J connectivity index is 1.50. The first-order chi connectivity index (χ1) is 9.29. The van der Waals surface area contributed by atoms with Crippen molar-refractivity contribution in [3.63, 3.8) is 0 Å². The van der Waals surface area contributed by atoms with E-state index < -0.39 is 0 Å². The molecule has 19 heavy (non-hydrogen) atoms. The van der Waals surface area contributed by atoms with Crippen molar-refractivity contribution in [1.82, 2.24) is 4.90 Å². The Hall–Kier alpha value is -1.06. The Morgan fingerprint density at radius 2 is 1.95 bits per heavy atom. The van der Waals surface area contributed by atoms with Gasteiger partial charge in [-0.15, -0.1) is 0 Å². The summed E-state index contributed by atoms with van der Waals surface area (Å²) < 4.78 is 5.72. The molecule has 2 heterocycles. The van der Waals surface area contributed by atoms with Crippen LogP contribution in [-0.4, -0.2) is 36.2 Å². The summed E-state index contributed by atoms with van der Waals surface area (Å²) in [7, 11) is 0. The maximum atomic E-state index is 5.91. The van der Waals surface area contributed by atoms with Gasteiger partial charge in [0.2, 0.25) is 0 Å². The van der Waals surface area contributed by atoms with Gasteiger partial charge in [-0.05, 0) is 55.4 Å². The number of nitrogen functional groups attached to an aromatic ring is 1. The predicted molar refractivity (Wildman–Crippen MR) is 76.1 cm³/mol. The van der Waals surface area contributed by atoms with Gasteiger partial charge in [0.25, 0.3) is 0 Å². The largest absolute Gasteiger partial charge is 0.399 e. The standard InChI is InChI=1S/C16H22N2O/c17-13-4-1-11-2-5-14(6-3-12(11)7-13)18-9-16-8-15(18)10-19-16/h1,4,7,14-16H,2-3,5-6,8-10,17H2/t14-,15+,16+/m0/s1. The summed E-state index contributed by atoms with van der Waals surface area (Å²) in [6.45, 7) is 2.12. The first-order valence-electron chi connectivity index (χ1n) is 7.54. The van der Waals surface area contributed by atoms with Crippen LogP contribution in [0.1, 0.15) is 30.4 Å². The van der Waals surface area contributed by atoms with Crippen LogP contribution in [0.3, 0.4) is 0 Å². The Morgan fingerprint density at radius 1 is 1.11 bits per heavy atom. The third-order valence-electron chi connectivity index (χ3n) is 5.14. The number of rotatable bonds is 1. The molecule has 4 rings (SSSR count). The molecule has 0 spiro atoms. The third-order valence-corrected chi connectivity index (χ3v) is 5.14. The number of anilines is 1. The molecule has 102 valence electrons. The number of benzene rings is 1. The summed E-state index contributed by atoms with van der Waals surface area (Å²) in [5.74, 6) is 0. The van der Waals surface area contributed by atoms with Crippen molar-refractivity contribution < 1.29 is 4.74 Å². The lowest BCUT2D eigenvalue weighted by Gasteiger charge is -2.34. The topological polar surface area (TPSA) is 38.5 Å². The van der Waals surface area contributed by atoms with Crippen molar-refractivity contribution in [1.29, 1.82) is 0 Å². The van der Waals surface area contributed by atoms with Crippen LogP contribution in [-0.2, 0) is 17.6 Å². The van der Waals surface area contributed by atoms with Crippen molar-refractivity contribution in [2.45, 2.75) is 50.3 Å².